The first-order valence-electron chi connectivity index (χ1n) is 6.94. The van der Waals surface area contributed by atoms with Gasteiger partial charge in [0.15, 0.2) is 0 Å². The molecule has 0 heterocycles. The fraction of sp³-hybridized carbons (Fsp3) is 0.188. The number of benzene rings is 2. The van der Waals surface area contributed by atoms with Gasteiger partial charge in [-0.2, -0.15) is 0 Å². The van der Waals surface area contributed by atoms with Crippen LogP contribution in [0.5, 0.6) is 0 Å². The van der Waals surface area contributed by atoms with Crippen LogP contribution in [0.2, 0.25) is 10.0 Å². The van der Waals surface area contributed by atoms with Crippen LogP contribution in [0.25, 0.3) is 0 Å². The number of carbonyl (C=O) groups excluding carboxylic acids is 1. The molecule has 0 radical (unpaired) electrons. The Morgan fingerprint density at radius 3 is 2.42 bits per heavy atom. The normalized spacial score (nSPS) is 12.7. The predicted octanol–water partition coefficient (Wildman–Crippen LogP) is 3.82. The van der Waals surface area contributed by atoms with Gasteiger partial charge in [-0.25, -0.2) is 17.9 Å². The summed E-state index contributed by atoms with van der Waals surface area (Å²) >= 11 is 12.0. The zero-order chi connectivity index (χ0) is 17.9. The van der Waals surface area contributed by atoms with E-state index in [4.69, 9.17) is 27.9 Å². The third-order valence-electron chi connectivity index (χ3n) is 3.35. The molecular weight excluding hydrogens is 373 g/mol. The van der Waals surface area contributed by atoms with E-state index in [1.54, 1.807) is 31.2 Å². The van der Waals surface area contributed by atoms with Crippen LogP contribution >= 0.6 is 23.2 Å². The molecule has 0 aliphatic rings. The van der Waals surface area contributed by atoms with Gasteiger partial charge in [0, 0.05) is 10.6 Å². The maximum absolute atomic E-state index is 12.3. The van der Waals surface area contributed by atoms with E-state index in [1.165, 1.54) is 25.2 Å². The number of hydrogen-bond acceptors (Lipinski definition) is 4. The maximum atomic E-state index is 12.3. The van der Waals surface area contributed by atoms with Crippen LogP contribution in [0, 0.1) is 0 Å². The molecule has 8 heteroatoms. The molecule has 1 atom stereocenters. The molecule has 0 spiro atoms. The van der Waals surface area contributed by atoms with Gasteiger partial charge < -0.3 is 4.74 Å². The van der Waals surface area contributed by atoms with Gasteiger partial charge in [-0.3, -0.25) is 0 Å². The first-order chi connectivity index (χ1) is 11.3. The summed E-state index contributed by atoms with van der Waals surface area (Å²) in [7, 11) is -2.52. The molecule has 0 fully saturated rings. The van der Waals surface area contributed by atoms with Crippen molar-refractivity contribution in [1.82, 2.24) is 4.72 Å². The Hall–Kier alpha value is -1.60. The molecule has 0 aliphatic heterocycles. The molecule has 0 aliphatic carbocycles. The van der Waals surface area contributed by atoms with Gasteiger partial charge in [-0.1, -0.05) is 41.4 Å². The number of ether oxygens (including phenoxy) is 1. The number of carbonyl (C=O) groups is 1. The summed E-state index contributed by atoms with van der Waals surface area (Å²) in [5.41, 5.74) is 0.733. The van der Waals surface area contributed by atoms with Crippen LogP contribution in [-0.2, 0) is 14.8 Å². The molecular formula is C16H15Cl2NO4S. The lowest BCUT2D eigenvalue weighted by Gasteiger charge is -2.15. The Balaban J connectivity index is 2.28. The minimum absolute atomic E-state index is 0.0139. The molecule has 2 rings (SSSR count). The van der Waals surface area contributed by atoms with E-state index in [9.17, 15) is 13.2 Å². The molecule has 0 saturated heterocycles. The van der Waals surface area contributed by atoms with Gasteiger partial charge in [-0.15, -0.1) is 0 Å². The second kappa shape index (κ2) is 7.53. The summed E-state index contributed by atoms with van der Waals surface area (Å²) in [6.45, 7) is 1.68. The second-order valence-corrected chi connectivity index (χ2v) is 7.59. The average Bonchev–Trinajstić information content (AvgIpc) is 2.55. The Bertz CT molecular complexity index is 868. The number of sulfonamides is 1. The van der Waals surface area contributed by atoms with Crippen LogP contribution < -0.4 is 4.72 Å². The Labute approximate surface area is 150 Å². The summed E-state index contributed by atoms with van der Waals surface area (Å²) in [6.07, 6.45) is -0.591. The van der Waals surface area contributed by atoms with Gasteiger partial charge in [0.2, 0.25) is 10.0 Å². The van der Waals surface area contributed by atoms with E-state index < -0.39 is 22.1 Å². The summed E-state index contributed by atoms with van der Waals surface area (Å²) in [5, 5.41) is 0.493. The number of esters is 1. The van der Waals surface area contributed by atoms with Crippen LogP contribution in [0.3, 0.4) is 0 Å². The standard InChI is InChI=1S/C16H15Cl2NO4S/c1-10(12-5-3-4-6-13(12)17)23-16(20)11-7-8-14(18)15(9-11)24(21,22)19-2/h3-10,19H,1-2H3/t10-/m1/s1. The molecule has 24 heavy (non-hydrogen) atoms. The van der Waals surface area contributed by atoms with Crippen LogP contribution in [0.4, 0.5) is 0 Å². The quantitative estimate of drug-likeness (QED) is 0.791. The molecule has 0 aromatic heterocycles. The number of hydrogen-bond donors (Lipinski definition) is 1. The first kappa shape index (κ1) is 18.7. The van der Waals surface area contributed by atoms with Crippen LogP contribution in [0.15, 0.2) is 47.4 Å². The van der Waals surface area contributed by atoms with Gasteiger partial charge in [0.1, 0.15) is 11.0 Å². The highest BCUT2D eigenvalue weighted by Crippen LogP contribution is 2.27. The van der Waals surface area contributed by atoms with E-state index in [1.807, 2.05) is 0 Å². The first-order valence-corrected chi connectivity index (χ1v) is 9.18. The van der Waals surface area contributed by atoms with Crippen molar-refractivity contribution in [1.29, 1.82) is 0 Å². The monoisotopic (exact) mass is 387 g/mol. The van der Waals surface area contributed by atoms with E-state index in [-0.39, 0.29) is 15.5 Å². The summed E-state index contributed by atoms with van der Waals surface area (Å²) in [5.74, 6) is -0.674. The topological polar surface area (TPSA) is 72.5 Å². The fourth-order valence-corrected chi connectivity index (χ4v) is 3.58. The molecule has 0 saturated carbocycles. The van der Waals surface area contributed by atoms with E-state index >= 15 is 0 Å². The maximum Gasteiger partial charge on any atom is 0.338 e. The summed E-state index contributed by atoms with van der Waals surface area (Å²) in [6, 6.07) is 10.9. The second-order valence-electron chi connectivity index (χ2n) is 4.92. The van der Waals surface area contributed by atoms with Crippen molar-refractivity contribution in [2.75, 3.05) is 7.05 Å². The highest BCUT2D eigenvalue weighted by atomic mass is 35.5. The van der Waals surface area contributed by atoms with Crippen molar-refractivity contribution < 1.29 is 17.9 Å². The minimum atomic E-state index is -3.78. The van der Waals surface area contributed by atoms with Crippen LogP contribution in [-0.4, -0.2) is 21.4 Å². The highest BCUT2D eigenvalue weighted by Gasteiger charge is 2.21. The number of halogens is 2. The van der Waals surface area contributed by atoms with Crippen molar-refractivity contribution in [2.45, 2.75) is 17.9 Å². The van der Waals surface area contributed by atoms with Gasteiger partial charge in [0.25, 0.3) is 0 Å². The van der Waals surface area contributed by atoms with Crippen molar-refractivity contribution in [3.05, 3.63) is 63.6 Å². The molecule has 2 aromatic rings. The van der Waals surface area contributed by atoms with E-state index in [0.717, 1.165) is 0 Å². The minimum Gasteiger partial charge on any atom is -0.454 e. The van der Waals surface area contributed by atoms with Crippen LogP contribution in [0.1, 0.15) is 28.9 Å². The van der Waals surface area contributed by atoms with Crippen molar-refractivity contribution in [2.24, 2.45) is 0 Å². The van der Waals surface area contributed by atoms with Crippen molar-refractivity contribution in [3.63, 3.8) is 0 Å². The molecule has 0 bridgehead atoms. The summed E-state index contributed by atoms with van der Waals surface area (Å²) < 4.78 is 31.4. The predicted molar refractivity (Wildman–Crippen MR) is 93.0 cm³/mol. The average molecular weight is 388 g/mol. The lowest BCUT2D eigenvalue weighted by atomic mass is 10.1. The molecule has 2 aromatic carbocycles. The zero-order valence-corrected chi connectivity index (χ0v) is 15.2. The molecule has 0 unspecified atom stereocenters. The zero-order valence-electron chi connectivity index (χ0n) is 12.9. The summed E-state index contributed by atoms with van der Waals surface area (Å²) in [4.78, 5) is 12.1. The third kappa shape index (κ3) is 4.08. The van der Waals surface area contributed by atoms with E-state index in [0.29, 0.717) is 10.6 Å². The molecule has 128 valence electrons. The third-order valence-corrected chi connectivity index (χ3v) is 5.59. The fourth-order valence-electron chi connectivity index (χ4n) is 2.04. The number of rotatable bonds is 5. The molecule has 5 nitrogen and oxygen atoms in total. The smallest absolute Gasteiger partial charge is 0.338 e. The Kier molecular flexibility index (Phi) is 5.87. The highest BCUT2D eigenvalue weighted by molar-refractivity contribution is 7.89. The van der Waals surface area contributed by atoms with Gasteiger partial charge in [0.05, 0.1) is 10.6 Å². The lowest BCUT2D eigenvalue weighted by molar-refractivity contribution is 0.0338. The van der Waals surface area contributed by atoms with Gasteiger partial charge >= 0.3 is 5.97 Å². The SMILES string of the molecule is CNS(=O)(=O)c1cc(C(=O)O[C@H](C)c2ccccc2Cl)ccc1Cl. The Morgan fingerprint density at radius 1 is 1.12 bits per heavy atom. The number of nitrogens with one attached hydrogen (secondary N) is 1. The molecule has 0 amide bonds. The van der Waals surface area contributed by atoms with E-state index in [2.05, 4.69) is 4.72 Å². The largest absolute Gasteiger partial charge is 0.454 e. The van der Waals surface area contributed by atoms with Crippen molar-refractivity contribution >= 4 is 39.2 Å². The molecule has 1 N–H and O–H groups in total. The van der Waals surface area contributed by atoms with Gasteiger partial charge in [-0.05, 0) is 38.2 Å². The Morgan fingerprint density at radius 2 is 1.79 bits per heavy atom. The lowest BCUT2D eigenvalue weighted by Crippen LogP contribution is -2.19. The van der Waals surface area contributed by atoms with Crippen molar-refractivity contribution in [3.8, 4) is 0 Å².